The molecule has 0 amide bonds. The largest absolute Gasteiger partial charge is 0.496 e. The molecule has 2 rings (SSSR count). The van der Waals surface area contributed by atoms with Crippen LogP contribution in [0, 0.1) is 6.92 Å². The van der Waals surface area contributed by atoms with Crippen LogP contribution < -0.4 is 4.74 Å². The summed E-state index contributed by atoms with van der Waals surface area (Å²) in [6, 6.07) is 3.85. The topological polar surface area (TPSA) is 38.7 Å². The Kier molecular flexibility index (Phi) is 4.30. The minimum absolute atomic E-state index is 0.136. The Morgan fingerprint density at radius 2 is 2.17 bits per heavy atom. The second-order valence-electron chi connectivity index (χ2n) is 4.85. The third-order valence-corrected chi connectivity index (χ3v) is 4.30. The Labute approximate surface area is 116 Å². The van der Waals surface area contributed by atoms with Gasteiger partial charge in [-0.1, -0.05) is 15.9 Å². The smallest absolute Gasteiger partial charge is 0.125 e. The minimum Gasteiger partial charge on any atom is -0.496 e. The van der Waals surface area contributed by atoms with E-state index in [1.54, 1.807) is 7.11 Å². The summed E-state index contributed by atoms with van der Waals surface area (Å²) >= 11 is 3.49. The average Bonchev–Trinajstić information content (AvgIpc) is 2.78. The lowest BCUT2D eigenvalue weighted by molar-refractivity contribution is -0.0305. The summed E-state index contributed by atoms with van der Waals surface area (Å²) < 4.78 is 12.1. The van der Waals surface area contributed by atoms with Crippen LogP contribution in [0.2, 0.25) is 0 Å². The molecule has 1 N–H and O–H groups in total. The molecule has 3 atom stereocenters. The second-order valence-corrected chi connectivity index (χ2v) is 5.71. The van der Waals surface area contributed by atoms with Crippen molar-refractivity contribution in [1.29, 1.82) is 0 Å². The number of aryl methyl sites for hydroxylation is 1. The van der Waals surface area contributed by atoms with E-state index in [1.165, 1.54) is 0 Å². The highest BCUT2D eigenvalue weighted by molar-refractivity contribution is 9.10. The summed E-state index contributed by atoms with van der Waals surface area (Å²) in [6.45, 7) is 4.03. The molecule has 1 aliphatic rings. The van der Waals surface area contributed by atoms with Gasteiger partial charge in [-0.15, -0.1) is 0 Å². The average molecular weight is 315 g/mol. The Hall–Kier alpha value is -0.580. The number of rotatable bonds is 3. The molecule has 0 spiro atoms. The number of methoxy groups -OCH3 is 1. The number of ether oxygens (including phenoxy) is 2. The lowest BCUT2D eigenvalue weighted by atomic mass is 10.00. The van der Waals surface area contributed by atoms with Crippen molar-refractivity contribution in [2.24, 2.45) is 0 Å². The van der Waals surface area contributed by atoms with Gasteiger partial charge in [0, 0.05) is 10.0 Å². The molecule has 0 radical (unpaired) electrons. The van der Waals surface area contributed by atoms with Crippen LogP contribution in [0.25, 0.3) is 0 Å². The van der Waals surface area contributed by atoms with Gasteiger partial charge in [0.25, 0.3) is 0 Å². The first kappa shape index (κ1) is 13.8. The van der Waals surface area contributed by atoms with Crippen LogP contribution in [0.4, 0.5) is 0 Å². The summed E-state index contributed by atoms with van der Waals surface area (Å²) in [5.41, 5.74) is 1.87. The van der Waals surface area contributed by atoms with Crippen molar-refractivity contribution < 1.29 is 14.6 Å². The quantitative estimate of drug-likeness (QED) is 0.929. The molecule has 1 aliphatic heterocycles. The normalized spacial score (nSPS) is 25.2. The van der Waals surface area contributed by atoms with Gasteiger partial charge in [0.15, 0.2) is 0 Å². The fourth-order valence-corrected chi connectivity index (χ4v) is 2.71. The van der Waals surface area contributed by atoms with Crippen LogP contribution in [-0.2, 0) is 4.74 Å². The lowest BCUT2D eigenvalue weighted by Crippen LogP contribution is -2.19. The van der Waals surface area contributed by atoms with Crippen molar-refractivity contribution in [1.82, 2.24) is 0 Å². The minimum atomic E-state index is -0.637. The molecule has 0 aliphatic carbocycles. The van der Waals surface area contributed by atoms with Gasteiger partial charge in [-0.2, -0.15) is 0 Å². The van der Waals surface area contributed by atoms with Gasteiger partial charge >= 0.3 is 0 Å². The third-order valence-electron chi connectivity index (χ3n) is 3.45. The van der Waals surface area contributed by atoms with Crippen molar-refractivity contribution in [3.05, 3.63) is 27.7 Å². The Balaban J connectivity index is 2.29. The molecule has 1 heterocycles. The molecule has 18 heavy (non-hydrogen) atoms. The first-order chi connectivity index (χ1) is 8.52. The van der Waals surface area contributed by atoms with E-state index in [1.807, 2.05) is 26.0 Å². The highest BCUT2D eigenvalue weighted by atomic mass is 79.9. The molecule has 100 valence electrons. The van der Waals surface area contributed by atoms with E-state index in [-0.39, 0.29) is 12.2 Å². The maximum absolute atomic E-state index is 10.4. The predicted molar refractivity (Wildman–Crippen MR) is 74.0 cm³/mol. The van der Waals surface area contributed by atoms with Crippen LogP contribution in [0.15, 0.2) is 16.6 Å². The molecular formula is C14H19BrO3. The molecule has 1 fully saturated rings. The third kappa shape index (κ3) is 2.71. The van der Waals surface area contributed by atoms with Gasteiger partial charge in [-0.25, -0.2) is 0 Å². The van der Waals surface area contributed by atoms with Gasteiger partial charge in [-0.3, -0.25) is 0 Å². The fraction of sp³-hybridized carbons (Fsp3) is 0.571. The van der Waals surface area contributed by atoms with Crippen LogP contribution in [0.1, 0.15) is 37.0 Å². The number of aliphatic hydroxyl groups is 1. The van der Waals surface area contributed by atoms with E-state index in [0.717, 1.165) is 28.4 Å². The van der Waals surface area contributed by atoms with E-state index >= 15 is 0 Å². The van der Waals surface area contributed by atoms with Crippen LogP contribution in [-0.4, -0.2) is 24.4 Å². The molecule has 3 nitrogen and oxygen atoms in total. The molecule has 3 unspecified atom stereocenters. The van der Waals surface area contributed by atoms with Crippen molar-refractivity contribution >= 4 is 15.9 Å². The monoisotopic (exact) mass is 314 g/mol. The van der Waals surface area contributed by atoms with Gasteiger partial charge in [0.05, 0.1) is 19.3 Å². The number of aliphatic hydroxyl groups excluding tert-OH is 1. The van der Waals surface area contributed by atoms with Crippen molar-refractivity contribution in [3.63, 3.8) is 0 Å². The van der Waals surface area contributed by atoms with E-state index in [2.05, 4.69) is 15.9 Å². The number of benzene rings is 1. The van der Waals surface area contributed by atoms with Gasteiger partial charge < -0.3 is 14.6 Å². The molecule has 4 heteroatoms. The molecule has 0 saturated carbocycles. The van der Waals surface area contributed by atoms with E-state index in [4.69, 9.17) is 9.47 Å². The zero-order chi connectivity index (χ0) is 13.3. The maximum Gasteiger partial charge on any atom is 0.125 e. The molecule has 0 bridgehead atoms. The summed E-state index contributed by atoms with van der Waals surface area (Å²) in [4.78, 5) is 0. The summed E-state index contributed by atoms with van der Waals surface area (Å²) in [6.07, 6.45) is 1.34. The molecule has 1 aromatic rings. The van der Waals surface area contributed by atoms with Gasteiger partial charge in [0.1, 0.15) is 11.9 Å². The van der Waals surface area contributed by atoms with Gasteiger partial charge in [-0.05, 0) is 44.4 Å². The van der Waals surface area contributed by atoms with E-state index in [0.29, 0.717) is 5.75 Å². The zero-order valence-corrected chi connectivity index (χ0v) is 12.5. The first-order valence-electron chi connectivity index (χ1n) is 6.20. The SMILES string of the molecule is COc1cc(C)c(Br)cc1C(O)C1CCC(C)O1. The molecule has 0 aromatic heterocycles. The van der Waals surface area contributed by atoms with E-state index < -0.39 is 6.10 Å². The van der Waals surface area contributed by atoms with Crippen LogP contribution >= 0.6 is 15.9 Å². The molecule has 1 aromatic carbocycles. The van der Waals surface area contributed by atoms with Crippen molar-refractivity contribution in [2.45, 2.75) is 45.0 Å². The summed E-state index contributed by atoms with van der Waals surface area (Å²) in [5, 5.41) is 10.4. The summed E-state index contributed by atoms with van der Waals surface area (Å²) in [5.74, 6) is 0.714. The number of halogens is 1. The van der Waals surface area contributed by atoms with Crippen LogP contribution in [0.5, 0.6) is 5.75 Å². The predicted octanol–water partition coefficient (Wildman–Crippen LogP) is 3.37. The van der Waals surface area contributed by atoms with Crippen molar-refractivity contribution in [3.8, 4) is 5.75 Å². The Morgan fingerprint density at radius 1 is 1.44 bits per heavy atom. The van der Waals surface area contributed by atoms with Crippen molar-refractivity contribution in [2.75, 3.05) is 7.11 Å². The van der Waals surface area contributed by atoms with Crippen LogP contribution in [0.3, 0.4) is 0 Å². The highest BCUT2D eigenvalue weighted by Crippen LogP contribution is 2.37. The Morgan fingerprint density at radius 3 is 2.72 bits per heavy atom. The highest BCUT2D eigenvalue weighted by Gasteiger charge is 2.31. The maximum atomic E-state index is 10.4. The molecular weight excluding hydrogens is 296 g/mol. The second kappa shape index (κ2) is 5.59. The standard InChI is InChI=1S/C14H19BrO3/c1-8-6-13(17-3)10(7-11(8)15)14(16)12-5-4-9(2)18-12/h6-7,9,12,14,16H,4-5H2,1-3H3. The number of hydrogen-bond acceptors (Lipinski definition) is 3. The van der Waals surface area contributed by atoms with E-state index in [9.17, 15) is 5.11 Å². The lowest BCUT2D eigenvalue weighted by Gasteiger charge is -2.21. The zero-order valence-electron chi connectivity index (χ0n) is 10.9. The first-order valence-corrected chi connectivity index (χ1v) is 6.99. The summed E-state index contributed by atoms with van der Waals surface area (Å²) in [7, 11) is 1.62. The number of hydrogen-bond donors (Lipinski definition) is 1. The Bertz CT molecular complexity index is 433. The fourth-order valence-electron chi connectivity index (χ4n) is 2.34. The molecule has 1 saturated heterocycles. The van der Waals surface area contributed by atoms with Gasteiger partial charge in [0.2, 0.25) is 0 Å².